The summed E-state index contributed by atoms with van der Waals surface area (Å²) in [6, 6.07) is -0.340. The van der Waals surface area contributed by atoms with Crippen LogP contribution in [0.3, 0.4) is 0 Å². The Morgan fingerprint density at radius 1 is 1.71 bits per heavy atom. The molecule has 1 amide bonds. The monoisotopic (exact) mass is 196 g/mol. The van der Waals surface area contributed by atoms with Crippen LogP contribution in [0.4, 0.5) is 0 Å². The smallest absolute Gasteiger partial charge is 0.236 e. The second-order valence-corrected chi connectivity index (χ2v) is 3.81. The molecule has 3 heteroatoms. The lowest BCUT2D eigenvalue weighted by molar-refractivity contribution is -0.122. The number of nitrogens with one attached hydrogen (secondary N) is 1. The van der Waals surface area contributed by atoms with E-state index in [9.17, 15) is 4.79 Å². The first kappa shape index (κ1) is 11.2. The molecule has 3 N–H and O–H groups in total. The van der Waals surface area contributed by atoms with Gasteiger partial charge in [0.25, 0.3) is 0 Å². The number of hydrogen-bond donors (Lipinski definition) is 2. The minimum absolute atomic E-state index is 0.0221. The number of carbonyl (C=O) groups excluding carboxylic acids is 1. The lowest BCUT2D eigenvalue weighted by Crippen LogP contribution is -2.40. The molecule has 1 aliphatic carbocycles. The summed E-state index contributed by atoms with van der Waals surface area (Å²) in [6.07, 6.45) is 7.66. The highest BCUT2D eigenvalue weighted by Crippen LogP contribution is 2.19. The maximum atomic E-state index is 11.3. The molecular weight excluding hydrogens is 176 g/mol. The Hall–Kier alpha value is -0.830. The van der Waals surface area contributed by atoms with Gasteiger partial charge in [0.05, 0.1) is 6.04 Å². The summed E-state index contributed by atoms with van der Waals surface area (Å²) in [5.74, 6) is -0.0221. The molecule has 14 heavy (non-hydrogen) atoms. The highest BCUT2D eigenvalue weighted by molar-refractivity contribution is 5.81. The molecule has 1 rings (SSSR count). The Bertz CT molecular complexity index is 223. The zero-order valence-corrected chi connectivity index (χ0v) is 8.88. The van der Waals surface area contributed by atoms with E-state index < -0.39 is 0 Å². The second kappa shape index (κ2) is 5.81. The largest absolute Gasteiger partial charge is 0.354 e. The van der Waals surface area contributed by atoms with Crippen molar-refractivity contribution in [2.75, 3.05) is 6.54 Å². The number of carbonyl (C=O) groups is 1. The van der Waals surface area contributed by atoms with Crippen LogP contribution in [0.5, 0.6) is 0 Å². The fraction of sp³-hybridized carbons (Fsp3) is 0.727. The molecule has 0 saturated heterocycles. The normalized spacial score (nSPS) is 17.7. The third-order valence-electron chi connectivity index (χ3n) is 2.66. The van der Waals surface area contributed by atoms with Gasteiger partial charge in [-0.15, -0.1) is 0 Å². The summed E-state index contributed by atoms with van der Waals surface area (Å²) in [5.41, 5.74) is 7.07. The molecule has 0 fully saturated rings. The van der Waals surface area contributed by atoms with Crippen molar-refractivity contribution in [3.63, 3.8) is 0 Å². The molecule has 0 spiro atoms. The van der Waals surface area contributed by atoms with Crippen LogP contribution in [0.25, 0.3) is 0 Å². The Labute approximate surface area is 85.7 Å². The van der Waals surface area contributed by atoms with Crippen LogP contribution >= 0.6 is 0 Å². The van der Waals surface area contributed by atoms with Gasteiger partial charge in [-0.05, 0) is 32.1 Å². The molecule has 80 valence electrons. The number of allylic oxidation sites excluding steroid dienone is 1. The Balaban J connectivity index is 2.11. The molecule has 0 bridgehead atoms. The number of amides is 1. The fourth-order valence-corrected chi connectivity index (χ4v) is 1.63. The van der Waals surface area contributed by atoms with E-state index in [1.54, 1.807) is 0 Å². The molecule has 3 nitrogen and oxygen atoms in total. The van der Waals surface area contributed by atoms with Crippen molar-refractivity contribution in [2.45, 2.75) is 45.1 Å². The number of nitrogens with two attached hydrogens (primary N) is 1. The molecule has 1 atom stereocenters. The first-order chi connectivity index (χ1) is 6.74. The van der Waals surface area contributed by atoms with Gasteiger partial charge in [-0.1, -0.05) is 18.6 Å². The summed E-state index contributed by atoms with van der Waals surface area (Å²) < 4.78 is 0. The van der Waals surface area contributed by atoms with Gasteiger partial charge in [-0.2, -0.15) is 0 Å². The summed E-state index contributed by atoms with van der Waals surface area (Å²) in [7, 11) is 0. The first-order valence-corrected chi connectivity index (χ1v) is 5.45. The van der Waals surface area contributed by atoms with Gasteiger partial charge in [0, 0.05) is 6.54 Å². The van der Waals surface area contributed by atoms with Gasteiger partial charge in [-0.25, -0.2) is 0 Å². The van der Waals surface area contributed by atoms with Gasteiger partial charge in [0.15, 0.2) is 0 Å². The summed E-state index contributed by atoms with van der Waals surface area (Å²) in [4.78, 5) is 11.3. The van der Waals surface area contributed by atoms with Crippen LogP contribution in [0.2, 0.25) is 0 Å². The van der Waals surface area contributed by atoms with Crippen molar-refractivity contribution < 1.29 is 4.79 Å². The predicted molar refractivity (Wildman–Crippen MR) is 57.8 cm³/mol. The van der Waals surface area contributed by atoms with Crippen LogP contribution in [0.15, 0.2) is 11.6 Å². The van der Waals surface area contributed by atoms with Crippen molar-refractivity contribution in [2.24, 2.45) is 5.73 Å². The second-order valence-electron chi connectivity index (χ2n) is 3.81. The van der Waals surface area contributed by atoms with Crippen LogP contribution < -0.4 is 11.1 Å². The molecule has 0 saturated carbocycles. The average Bonchev–Trinajstić information content (AvgIpc) is 2.69. The molecular formula is C11H20N2O. The van der Waals surface area contributed by atoms with E-state index in [-0.39, 0.29) is 11.9 Å². The lowest BCUT2D eigenvalue weighted by Gasteiger charge is -2.09. The molecule has 0 aromatic carbocycles. The standard InChI is InChI=1S/C11H20N2O/c1-2-10(12)11(14)13-8-7-9-5-3-4-6-9/h5,10H,2-4,6-8,12H2,1H3,(H,13,14)/t10-/m0/s1. The van der Waals surface area contributed by atoms with Crippen LogP contribution in [0.1, 0.15) is 39.0 Å². The van der Waals surface area contributed by atoms with Crippen molar-refractivity contribution in [3.05, 3.63) is 11.6 Å². The average molecular weight is 196 g/mol. The van der Waals surface area contributed by atoms with E-state index in [0.29, 0.717) is 6.42 Å². The number of rotatable bonds is 5. The van der Waals surface area contributed by atoms with Crippen molar-refractivity contribution in [1.29, 1.82) is 0 Å². The summed E-state index contributed by atoms with van der Waals surface area (Å²) in [6.45, 7) is 2.65. The molecule has 0 radical (unpaired) electrons. The molecule has 0 aliphatic heterocycles. The van der Waals surface area contributed by atoms with Crippen LogP contribution in [0, 0.1) is 0 Å². The van der Waals surface area contributed by atoms with Gasteiger partial charge in [-0.3, -0.25) is 4.79 Å². The van der Waals surface area contributed by atoms with Gasteiger partial charge >= 0.3 is 0 Å². The van der Waals surface area contributed by atoms with Crippen molar-refractivity contribution in [3.8, 4) is 0 Å². The van der Waals surface area contributed by atoms with E-state index in [1.165, 1.54) is 24.8 Å². The van der Waals surface area contributed by atoms with Crippen LogP contribution in [-0.2, 0) is 4.79 Å². The van der Waals surface area contributed by atoms with E-state index in [0.717, 1.165) is 13.0 Å². The van der Waals surface area contributed by atoms with E-state index in [4.69, 9.17) is 5.73 Å². The highest BCUT2D eigenvalue weighted by Gasteiger charge is 2.10. The van der Waals surface area contributed by atoms with E-state index in [2.05, 4.69) is 11.4 Å². The summed E-state index contributed by atoms with van der Waals surface area (Å²) >= 11 is 0. The Morgan fingerprint density at radius 3 is 3.07 bits per heavy atom. The van der Waals surface area contributed by atoms with Crippen molar-refractivity contribution in [1.82, 2.24) is 5.32 Å². The minimum atomic E-state index is -0.340. The summed E-state index contributed by atoms with van der Waals surface area (Å²) in [5, 5.41) is 2.86. The highest BCUT2D eigenvalue weighted by atomic mass is 16.2. The quantitative estimate of drug-likeness (QED) is 0.652. The van der Waals surface area contributed by atoms with Gasteiger partial charge < -0.3 is 11.1 Å². The molecule has 1 aliphatic rings. The first-order valence-electron chi connectivity index (χ1n) is 5.45. The molecule has 0 aromatic heterocycles. The minimum Gasteiger partial charge on any atom is -0.354 e. The van der Waals surface area contributed by atoms with E-state index in [1.807, 2.05) is 6.92 Å². The Morgan fingerprint density at radius 2 is 2.50 bits per heavy atom. The van der Waals surface area contributed by atoms with Crippen LogP contribution in [-0.4, -0.2) is 18.5 Å². The SMILES string of the molecule is CC[C@H](N)C(=O)NCCC1=CCCC1. The third-order valence-corrected chi connectivity index (χ3v) is 2.66. The van der Waals surface area contributed by atoms with Gasteiger partial charge in [0.2, 0.25) is 5.91 Å². The van der Waals surface area contributed by atoms with Crippen molar-refractivity contribution >= 4 is 5.91 Å². The lowest BCUT2D eigenvalue weighted by atomic mass is 10.1. The molecule has 0 aromatic rings. The fourth-order valence-electron chi connectivity index (χ4n) is 1.63. The third kappa shape index (κ3) is 3.50. The predicted octanol–water partition coefficient (Wildman–Crippen LogP) is 1.34. The topological polar surface area (TPSA) is 55.1 Å². The molecule has 0 unspecified atom stereocenters. The zero-order valence-electron chi connectivity index (χ0n) is 8.88. The zero-order chi connectivity index (χ0) is 10.4. The number of hydrogen-bond acceptors (Lipinski definition) is 2. The van der Waals surface area contributed by atoms with Gasteiger partial charge in [0.1, 0.15) is 0 Å². The maximum absolute atomic E-state index is 11.3. The Kier molecular flexibility index (Phi) is 4.66. The van der Waals surface area contributed by atoms with E-state index >= 15 is 0 Å². The molecule has 0 heterocycles. The maximum Gasteiger partial charge on any atom is 0.236 e.